The molecule has 2 saturated carbocycles. The van der Waals surface area contributed by atoms with Crippen molar-refractivity contribution >= 4 is 91.3 Å². The number of nitrogens with one attached hydrogen (secondary N) is 16. The van der Waals surface area contributed by atoms with E-state index in [1.165, 1.54) is 24.3 Å². The summed E-state index contributed by atoms with van der Waals surface area (Å²) in [4.78, 5) is 37.3. The second-order valence-electron chi connectivity index (χ2n) is 31.4. The van der Waals surface area contributed by atoms with Crippen LogP contribution in [0.25, 0.3) is 182 Å². The van der Waals surface area contributed by atoms with Gasteiger partial charge in [0.1, 0.15) is 5.71 Å². The van der Waals surface area contributed by atoms with Crippen molar-refractivity contribution in [2.75, 3.05) is 0 Å². The third kappa shape index (κ3) is 29.2. The Labute approximate surface area is 854 Å². The number of pyridine rings is 8. The summed E-state index contributed by atoms with van der Waals surface area (Å²) in [5.74, 6) is 0. The van der Waals surface area contributed by atoms with Crippen LogP contribution in [0.3, 0.4) is 0 Å². The molecule has 0 saturated heterocycles. The summed E-state index contributed by atoms with van der Waals surface area (Å²) in [7, 11) is 0. The first-order valence-corrected chi connectivity index (χ1v) is 43.0. The molecule has 0 radical (unpaired) electrons. The van der Waals surface area contributed by atoms with Crippen LogP contribution in [0, 0.1) is 43.3 Å². The van der Waals surface area contributed by atoms with Crippen molar-refractivity contribution < 1.29 is 97.4 Å². The number of halogens is 3. The number of allylic oxidation sites excluding steroid dienone is 8. The van der Waals surface area contributed by atoms with Crippen LogP contribution in [0.5, 0.6) is 0 Å². The predicted octanol–water partition coefficient (Wildman–Crippen LogP) is 30.6. The fourth-order valence-electron chi connectivity index (χ4n) is 14.6. The minimum Gasteiger partial charge on any atom is -0.697 e. The van der Waals surface area contributed by atoms with Gasteiger partial charge in [0.2, 0.25) is 0 Å². The molecule has 24 nitrogen and oxygen atoms in total. The first-order valence-electron chi connectivity index (χ1n) is 43.0. The van der Waals surface area contributed by atoms with Crippen LogP contribution < -0.4 is 0 Å². The molecule has 8 heterocycles. The molecular weight excluding hydrogens is 2450 g/mol. The normalized spacial score (nSPS) is 13.8. The molecule has 8 aromatic heterocycles. The quantitative estimate of drug-likeness (QED) is 0.0268. The molecule has 2 fully saturated rings. The van der Waals surface area contributed by atoms with Gasteiger partial charge < -0.3 is 83.7 Å². The molecule has 14 rings (SSSR count). The largest absolute Gasteiger partial charge is 2.00 e. The first kappa shape index (κ1) is 110. The van der Waals surface area contributed by atoms with E-state index in [4.69, 9.17) is 109 Å². The molecule has 0 amide bonds. The average Bonchev–Trinajstić information content (AvgIpc) is 0.802. The Kier molecular flexibility index (Phi) is 41.7. The van der Waals surface area contributed by atoms with E-state index < -0.39 is 17.6 Å². The number of nitrogens with zero attached hydrogens (tertiary/aromatic N) is 8. The predicted molar refractivity (Wildman–Crippen MR) is 540 cm³/mol. The summed E-state index contributed by atoms with van der Waals surface area (Å²) >= 11 is 0. The fraction of sp³-hybridized carbons (Fsp3) is 0.170. The third-order valence-electron chi connectivity index (χ3n) is 21.6. The van der Waals surface area contributed by atoms with Crippen molar-refractivity contribution in [1.29, 1.82) is 43.3 Å². The zero-order chi connectivity index (χ0) is 95.7. The van der Waals surface area contributed by atoms with E-state index in [1.807, 2.05) is 178 Å². The number of benzene rings is 4. The molecule has 0 unspecified atom stereocenters. The summed E-state index contributed by atoms with van der Waals surface area (Å²) < 4.78 is 38.0. The van der Waals surface area contributed by atoms with Gasteiger partial charge >= 0.3 is 90.4 Å². The van der Waals surface area contributed by atoms with Crippen molar-refractivity contribution in [3.8, 4) is 90.1 Å². The maximum absolute atomic E-state index is 12.7. The SMILES string of the molecule is CC(=N)/C=C(\[NH-])c1cccc(-c2ccccc2-c2cccc(/C([NH-])=C/C(=N)C(F)(F)F)n2)n1.CC(=N)/C=C(\[NH-])c1cccc(-c2ccccc2-c2cccc(/C([NH-])=C/C(C)=N)n2)n1.CCC(=N)/C(C)=C(\[NH-])c1cccc(-c2ccccc2-c2cccc(/C([NH-])=C(\C)C(=N)CC)n2)n1.N=C1CCCC/C1=C(/[NH-])c1cccc(-c2ccccc2-c2cccc(/C([NH-])=C3\CCCCC3=N)n2)n1.[Pt+2].[Pt+2].[Pt+2].[Pt+2]. The Bertz CT molecular complexity index is 6480. The molecule has 4 aromatic carbocycles. The van der Waals surface area contributed by atoms with Gasteiger partial charge in [-0.15, -0.1) is 45.6 Å². The van der Waals surface area contributed by atoms with E-state index in [2.05, 4.69) is 19.9 Å². The zero-order valence-electron chi connectivity index (χ0n) is 76.0. The third-order valence-corrected chi connectivity index (χ3v) is 21.6. The van der Waals surface area contributed by atoms with Gasteiger partial charge in [-0.1, -0.05) is 178 Å². The maximum Gasteiger partial charge on any atom is 2.00 e. The molecule has 706 valence electrons. The Morgan fingerprint density at radius 1 is 0.285 bits per heavy atom. The van der Waals surface area contributed by atoms with Crippen molar-refractivity contribution in [1.82, 2.24) is 39.9 Å². The monoisotopic (exact) mass is 2550 g/mol. The smallest absolute Gasteiger partial charge is 0.697 e. The van der Waals surface area contributed by atoms with Gasteiger partial charge in [0.15, 0.2) is 0 Å². The summed E-state index contributed by atoms with van der Waals surface area (Å²) in [6.45, 7) is 12.2. The number of hydrogen-bond donors (Lipinski definition) is 8. The summed E-state index contributed by atoms with van der Waals surface area (Å²) in [5.41, 5.74) is 87.5. The van der Waals surface area contributed by atoms with E-state index in [1.54, 1.807) is 107 Å². The Morgan fingerprint density at radius 3 is 0.693 bits per heavy atom. The Hall–Kier alpha value is -13.7. The van der Waals surface area contributed by atoms with Crippen LogP contribution >= 0.6 is 0 Å². The fourth-order valence-corrected chi connectivity index (χ4v) is 14.6. The molecule has 31 heteroatoms. The molecule has 137 heavy (non-hydrogen) atoms. The molecule has 0 aliphatic heterocycles. The van der Waals surface area contributed by atoms with E-state index in [-0.39, 0.29) is 124 Å². The van der Waals surface area contributed by atoms with Crippen LogP contribution in [0.1, 0.15) is 158 Å². The number of aromatic nitrogens is 8. The van der Waals surface area contributed by atoms with Gasteiger partial charge in [-0.2, -0.15) is 13.2 Å². The summed E-state index contributed by atoms with van der Waals surface area (Å²) in [6, 6.07) is 74.0. The van der Waals surface area contributed by atoms with Crippen molar-refractivity contribution in [3.05, 3.63) is 381 Å². The van der Waals surface area contributed by atoms with E-state index in [9.17, 15) is 13.2 Å². The van der Waals surface area contributed by atoms with Crippen molar-refractivity contribution in [2.45, 2.75) is 119 Å². The zero-order valence-corrected chi connectivity index (χ0v) is 85.0. The number of alkyl halides is 3. The average molecular weight is 2550 g/mol. The van der Waals surface area contributed by atoms with E-state index in [0.717, 1.165) is 107 Å². The molecule has 12 aromatic rings. The molecule has 0 bridgehead atoms. The Morgan fingerprint density at radius 2 is 0.482 bits per heavy atom. The summed E-state index contributed by atoms with van der Waals surface area (Å²) in [5, 5.41) is 62.5. The van der Waals surface area contributed by atoms with Crippen LogP contribution in [-0.2, 0) is 84.3 Å². The molecule has 2 aliphatic carbocycles. The molecule has 2 aliphatic rings. The van der Waals surface area contributed by atoms with Gasteiger partial charge in [-0.25, -0.2) is 39.9 Å². The van der Waals surface area contributed by atoms with E-state index >= 15 is 0 Å². The van der Waals surface area contributed by atoms with Crippen LogP contribution in [-0.4, -0.2) is 91.7 Å². The van der Waals surface area contributed by atoms with Crippen LogP contribution in [0.2, 0.25) is 0 Å². The van der Waals surface area contributed by atoms with Crippen LogP contribution in [0.4, 0.5) is 13.2 Å². The van der Waals surface area contributed by atoms with Crippen molar-refractivity contribution in [2.24, 2.45) is 0 Å². The van der Waals surface area contributed by atoms with Gasteiger partial charge in [-0.05, 0) is 224 Å². The van der Waals surface area contributed by atoms with Gasteiger partial charge in [0, 0.05) is 130 Å². The summed E-state index contributed by atoms with van der Waals surface area (Å²) in [6.07, 6.45) is 8.11. The molecule has 0 spiro atoms. The standard InChI is InChI=1S/C30H30N6.C28H30N6.C24H19F3N6.C24H22N6.4Pt/c31-23-13-5-3-11-21(23)29(33)27-17-7-15-25(35-27)19-9-1-2-10-20(19)26-16-8-18-28(36-26)30(34)22-12-4-6-14-24(22)32;1-5-21(29)17(3)27(31)25-15-9-13-23(33-25)19-11-7-8-12-20(19)24-14-10-16-26(34-24)28(32)18(4)22(30)6-2;1-14(28)12-17(29)21-10-4-8-19(32-21)15-6-2-3-7-16(15)20-9-5-11-22(33-20)18(30)13-23(31)24(25,26)27;1-15(25)13-19(27)23-11-5-9-21(29-23)17-7-3-4-8-18(17)22-10-6-12-24(30-22)20(28)14-16(2)26;;;;/h1-2,7-10,15-18,31-34H,3-6,11-14H2;7-16,29-32H,5-6H2,1-4H3;2-13,28-31H,1H3;3-14,25-28H,1-2H3;;;;/q4*-2;4*+2/b29-21-,30-22-,31-23?,32-24?;27-17-,28-18-,29-21?,30-22?;17-12-,18-13-,28-14?,31-23?;19-13-,20-14-,25-15?,26-16?;;;;. The van der Waals surface area contributed by atoms with Gasteiger partial charge in [-0.3, -0.25) is 5.41 Å². The Balaban J connectivity index is 0.000000247. The second kappa shape index (κ2) is 51.8. The minimum atomic E-state index is -4.84. The van der Waals surface area contributed by atoms with Crippen LogP contribution in [0.15, 0.2) is 289 Å². The topological polar surface area (TPSA) is 484 Å². The van der Waals surface area contributed by atoms with Gasteiger partial charge in [0.05, 0.1) is 45.6 Å². The number of hydrogen-bond acceptors (Lipinski definition) is 16. The van der Waals surface area contributed by atoms with Crippen molar-refractivity contribution in [3.63, 3.8) is 0 Å². The molecule has 0 atom stereocenters. The minimum absolute atomic E-state index is 0. The van der Waals surface area contributed by atoms with Gasteiger partial charge in [0.25, 0.3) is 0 Å². The molecular formula is C106H101F3N24Pt4. The maximum atomic E-state index is 12.7. The first-order chi connectivity index (χ1) is 63.7. The van der Waals surface area contributed by atoms with E-state index in [0.29, 0.717) is 161 Å². The molecule has 16 N–H and O–H groups in total. The second-order valence-corrected chi connectivity index (χ2v) is 31.4. The number of rotatable bonds is 24.